The number of carbonyl (C=O) groups is 2. The van der Waals surface area contributed by atoms with Crippen molar-refractivity contribution in [3.05, 3.63) is 33.8 Å². The molecule has 0 bridgehead atoms. The molecule has 1 rings (SSSR count). The predicted octanol–water partition coefficient (Wildman–Crippen LogP) is 2.86. The average molecular weight is 304 g/mol. The van der Waals surface area contributed by atoms with Gasteiger partial charge < -0.3 is 9.64 Å². The van der Waals surface area contributed by atoms with Crippen molar-refractivity contribution in [3.63, 3.8) is 0 Å². The highest BCUT2D eigenvalue weighted by atomic mass is 35.5. The molecule has 19 heavy (non-hydrogen) atoms. The van der Waals surface area contributed by atoms with Gasteiger partial charge in [-0.2, -0.15) is 0 Å². The van der Waals surface area contributed by atoms with E-state index in [-0.39, 0.29) is 6.54 Å². The van der Waals surface area contributed by atoms with E-state index in [1.165, 1.54) is 12.0 Å². The van der Waals surface area contributed by atoms with Gasteiger partial charge in [0.25, 0.3) is 0 Å². The Kier molecular flexibility index (Phi) is 5.20. The summed E-state index contributed by atoms with van der Waals surface area (Å²) in [5, 5.41) is 0.836. The molecule has 0 aliphatic carbocycles. The van der Waals surface area contributed by atoms with Gasteiger partial charge in [0.1, 0.15) is 6.54 Å². The third-order valence-electron chi connectivity index (χ3n) is 3.00. The van der Waals surface area contributed by atoms with E-state index in [9.17, 15) is 9.59 Å². The van der Waals surface area contributed by atoms with Gasteiger partial charge in [0, 0.05) is 0 Å². The van der Waals surface area contributed by atoms with E-state index in [1.807, 2.05) is 13.8 Å². The summed E-state index contributed by atoms with van der Waals surface area (Å²) in [4.78, 5) is 23.8. The van der Waals surface area contributed by atoms with Crippen LogP contribution in [0.15, 0.2) is 18.2 Å². The van der Waals surface area contributed by atoms with E-state index in [2.05, 4.69) is 4.74 Å². The maximum Gasteiger partial charge on any atom is 0.325 e. The van der Waals surface area contributed by atoms with Crippen molar-refractivity contribution in [1.82, 2.24) is 4.90 Å². The zero-order valence-corrected chi connectivity index (χ0v) is 12.5. The summed E-state index contributed by atoms with van der Waals surface area (Å²) in [5.74, 6) is -0.486. The molecular weight excluding hydrogens is 289 g/mol. The number of hydrogen-bond acceptors (Lipinski definition) is 3. The fourth-order valence-corrected chi connectivity index (χ4v) is 1.91. The Labute approximate surface area is 122 Å². The van der Waals surface area contributed by atoms with Crippen LogP contribution < -0.4 is 0 Å². The summed E-state index contributed by atoms with van der Waals surface area (Å²) in [6.07, 6.45) is 0.611. The third kappa shape index (κ3) is 3.61. The summed E-state index contributed by atoms with van der Waals surface area (Å²) in [6, 6.07) is 5.10. The van der Waals surface area contributed by atoms with Crippen LogP contribution in [0, 0.1) is 0 Å². The Hall–Kier alpha value is -1.26. The minimum atomic E-state index is -0.704. The molecule has 0 N–H and O–H groups in total. The number of carbonyl (C=O) groups excluding carboxylic acids is 2. The van der Waals surface area contributed by atoms with Crippen molar-refractivity contribution in [2.45, 2.75) is 19.4 Å². The van der Waals surface area contributed by atoms with Crippen LogP contribution in [0.25, 0.3) is 0 Å². The summed E-state index contributed by atoms with van der Waals surface area (Å²) in [5.41, 5.74) is 0.0716. The molecule has 0 fully saturated rings. The standard InChI is InChI=1S/C13H15Cl2NO3/c1-13(2,16(8-17)7-12(18)19-3)9-4-5-10(14)11(15)6-9/h4-6,8H,7H2,1-3H3. The minimum absolute atomic E-state index is 0.132. The number of benzene rings is 1. The normalized spacial score (nSPS) is 11.0. The quantitative estimate of drug-likeness (QED) is 0.621. The number of esters is 1. The zero-order chi connectivity index (χ0) is 14.6. The summed E-state index contributed by atoms with van der Waals surface area (Å²) >= 11 is 11.8. The van der Waals surface area contributed by atoms with Crippen LogP contribution in [0.1, 0.15) is 19.4 Å². The zero-order valence-electron chi connectivity index (χ0n) is 10.9. The van der Waals surface area contributed by atoms with Crippen LogP contribution in [0.5, 0.6) is 0 Å². The van der Waals surface area contributed by atoms with Crippen LogP contribution in [0.4, 0.5) is 0 Å². The Balaban J connectivity index is 3.08. The minimum Gasteiger partial charge on any atom is -0.468 e. The first kappa shape index (κ1) is 15.8. The molecule has 0 aromatic heterocycles. The topological polar surface area (TPSA) is 46.6 Å². The second kappa shape index (κ2) is 6.26. The third-order valence-corrected chi connectivity index (χ3v) is 3.74. The Morgan fingerprint density at radius 2 is 2.00 bits per heavy atom. The van der Waals surface area contributed by atoms with Crippen LogP contribution in [-0.4, -0.2) is 30.9 Å². The molecule has 0 aliphatic heterocycles. The molecule has 0 unspecified atom stereocenters. The van der Waals surface area contributed by atoms with E-state index < -0.39 is 11.5 Å². The maximum atomic E-state index is 11.3. The van der Waals surface area contributed by atoms with E-state index in [4.69, 9.17) is 23.2 Å². The van der Waals surface area contributed by atoms with Gasteiger partial charge in [-0.15, -0.1) is 0 Å². The first-order valence-electron chi connectivity index (χ1n) is 5.57. The predicted molar refractivity (Wildman–Crippen MR) is 74.3 cm³/mol. The molecule has 1 amide bonds. The van der Waals surface area contributed by atoms with Gasteiger partial charge >= 0.3 is 5.97 Å². The van der Waals surface area contributed by atoms with Gasteiger partial charge in [-0.3, -0.25) is 9.59 Å². The van der Waals surface area contributed by atoms with E-state index in [0.717, 1.165) is 5.56 Å². The second-order valence-electron chi connectivity index (χ2n) is 4.50. The van der Waals surface area contributed by atoms with Crippen LogP contribution >= 0.6 is 23.2 Å². The lowest BCUT2D eigenvalue weighted by Crippen LogP contribution is -2.43. The average Bonchev–Trinajstić information content (AvgIpc) is 2.38. The molecule has 104 valence electrons. The fraction of sp³-hybridized carbons (Fsp3) is 0.385. The molecule has 0 saturated heterocycles. The van der Waals surface area contributed by atoms with Gasteiger partial charge in [0.2, 0.25) is 6.41 Å². The number of halogens is 2. The first-order valence-corrected chi connectivity index (χ1v) is 6.33. The number of nitrogens with zero attached hydrogens (tertiary/aromatic N) is 1. The van der Waals surface area contributed by atoms with Crippen molar-refractivity contribution < 1.29 is 14.3 Å². The van der Waals surface area contributed by atoms with Crippen LogP contribution in [-0.2, 0) is 19.9 Å². The van der Waals surface area contributed by atoms with Crippen LogP contribution in [0.2, 0.25) is 10.0 Å². The van der Waals surface area contributed by atoms with Gasteiger partial charge in [0.05, 0.1) is 22.7 Å². The Morgan fingerprint density at radius 1 is 1.37 bits per heavy atom. The lowest BCUT2D eigenvalue weighted by atomic mass is 9.92. The molecule has 0 saturated carbocycles. The highest BCUT2D eigenvalue weighted by Gasteiger charge is 2.30. The highest BCUT2D eigenvalue weighted by molar-refractivity contribution is 6.42. The van der Waals surface area contributed by atoms with Crippen molar-refractivity contribution in [2.24, 2.45) is 0 Å². The lowest BCUT2D eigenvalue weighted by molar-refractivity contribution is -0.146. The second-order valence-corrected chi connectivity index (χ2v) is 5.31. The number of amides is 1. The highest BCUT2D eigenvalue weighted by Crippen LogP contribution is 2.31. The first-order chi connectivity index (χ1) is 8.82. The van der Waals surface area contributed by atoms with Gasteiger partial charge in [-0.25, -0.2) is 0 Å². The Bertz CT molecular complexity index is 489. The monoisotopic (exact) mass is 303 g/mol. The molecule has 1 aromatic carbocycles. The van der Waals surface area contributed by atoms with E-state index >= 15 is 0 Å². The van der Waals surface area contributed by atoms with Gasteiger partial charge in [-0.1, -0.05) is 29.3 Å². The van der Waals surface area contributed by atoms with Crippen molar-refractivity contribution >= 4 is 35.6 Å². The molecule has 0 heterocycles. The van der Waals surface area contributed by atoms with Gasteiger partial charge in [0.15, 0.2) is 0 Å². The number of methoxy groups -OCH3 is 1. The van der Waals surface area contributed by atoms with Gasteiger partial charge in [-0.05, 0) is 31.5 Å². The molecule has 0 aliphatic rings. The SMILES string of the molecule is COC(=O)CN(C=O)C(C)(C)c1ccc(Cl)c(Cl)c1. The molecule has 0 spiro atoms. The van der Waals surface area contributed by atoms with E-state index in [1.54, 1.807) is 18.2 Å². The van der Waals surface area contributed by atoms with Crippen LogP contribution in [0.3, 0.4) is 0 Å². The largest absolute Gasteiger partial charge is 0.468 e. The molecule has 1 aromatic rings. The summed E-state index contributed by atoms with van der Waals surface area (Å²) < 4.78 is 4.57. The molecular formula is C13H15Cl2NO3. The number of rotatable bonds is 5. The van der Waals surface area contributed by atoms with Crippen molar-refractivity contribution in [3.8, 4) is 0 Å². The molecule has 0 radical (unpaired) electrons. The molecule has 4 nitrogen and oxygen atoms in total. The van der Waals surface area contributed by atoms with E-state index in [0.29, 0.717) is 16.5 Å². The fourth-order valence-electron chi connectivity index (χ4n) is 1.61. The summed E-state index contributed by atoms with van der Waals surface area (Å²) in [6.45, 7) is 3.49. The van der Waals surface area contributed by atoms with Crippen molar-refractivity contribution in [1.29, 1.82) is 0 Å². The van der Waals surface area contributed by atoms with Crippen molar-refractivity contribution in [2.75, 3.05) is 13.7 Å². The summed E-state index contributed by atoms with van der Waals surface area (Å²) in [7, 11) is 1.28. The smallest absolute Gasteiger partial charge is 0.325 e. The lowest BCUT2D eigenvalue weighted by Gasteiger charge is -2.35. The number of hydrogen-bond donors (Lipinski definition) is 0. The maximum absolute atomic E-state index is 11.3. The molecule has 0 atom stereocenters. The Morgan fingerprint density at radius 3 is 2.47 bits per heavy atom. The number of ether oxygens (including phenoxy) is 1. The molecule has 6 heteroatoms.